The van der Waals surface area contributed by atoms with Gasteiger partial charge in [-0.15, -0.1) is 0 Å². The van der Waals surface area contributed by atoms with Gasteiger partial charge in [0, 0.05) is 0 Å². The number of esters is 1. The van der Waals surface area contributed by atoms with Gasteiger partial charge in [0.2, 0.25) is 0 Å². The summed E-state index contributed by atoms with van der Waals surface area (Å²) < 4.78 is 9.81. The maximum Gasteiger partial charge on any atom is 0.337 e. The predicted octanol–water partition coefficient (Wildman–Crippen LogP) is 2.52. The highest BCUT2D eigenvalue weighted by atomic mass is 16.5. The number of methoxy groups -OCH3 is 1. The van der Waals surface area contributed by atoms with Crippen LogP contribution in [0.25, 0.3) is 0 Å². The van der Waals surface area contributed by atoms with Crippen LogP contribution >= 0.6 is 0 Å². The van der Waals surface area contributed by atoms with Crippen LogP contribution in [0.1, 0.15) is 33.6 Å². The smallest absolute Gasteiger partial charge is 0.337 e. The first-order valence-corrected chi connectivity index (χ1v) is 5.07. The molecule has 3 nitrogen and oxygen atoms in total. The molecule has 0 spiro atoms. The largest absolute Gasteiger partial charge is 0.504 e. The predicted molar refractivity (Wildman–Crippen MR) is 55.8 cm³/mol. The van der Waals surface area contributed by atoms with Crippen LogP contribution in [0.5, 0.6) is 0 Å². The third-order valence-electron chi connectivity index (χ3n) is 2.01. The quantitative estimate of drug-likeness (QED) is 0.375. The van der Waals surface area contributed by atoms with Gasteiger partial charge in [0.15, 0.2) is 0 Å². The highest BCUT2D eigenvalue weighted by Gasteiger charge is 2.17. The molecule has 0 bridgehead atoms. The van der Waals surface area contributed by atoms with Crippen molar-refractivity contribution in [2.45, 2.75) is 33.6 Å². The van der Waals surface area contributed by atoms with E-state index in [2.05, 4.69) is 6.92 Å². The fraction of sp³-hybridized carbons (Fsp3) is 0.727. The Balaban J connectivity index is 4.42. The second kappa shape index (κ2) is 7.42. The van der Waals surface area contributed by atoms with Crippen molar-refractivity contribution in [2.75, 3.05) is 13.7 Å². The van der Waals surface area contributed by atoms with Crippen molar-refractivity contribution < 1.29 is 14.3 Å². The molecule has 0 aliphatic heterocycles. The summed E-state index contributed by atoms with van der Waals surface area (Å²) in [6.45, 7) is 6.29. The SMILES string of the molecule is CCCC(C)C(=COC)C(=O)OCC. The highest BCUT2D eigenvalue weighted by Crippen LogP contribution is 2.17. The fourth-order valence-electron chi connectivity index (χ4n) is 1.30. The lowest BCUT2D eigenvalue weighted by atomic mass is 9.97. The lowest BCUT2D eigenvalue weighted by Crippen LogP contribution is -2.14. The number of hydrogen-bond acceptors (Lipinski definition) is 3. The van der Waals surface area contributed by atoms with Crippen molar-refractivity contribution in [2.24, 2.45) is 5.92 Å². The molecular weight excluding hydrogens is 180 g/mol. The molecule has 0 aliphatic rings. The van der Waals surface area contributed by atoms with Crippen molar-refractivity contribution in [1.82, 2.24) is 0 Å². The zero-order chi connectivity index (χ0) is 11.0. The van der Waals surface area contributed by atoms with E-state index in [4.69, 9.17) is 9.47 Å². The minimum absolute atomic E-state index is 0.194. The Morgan fingerprint density at radius 3 is 2.50 bits per heavy atom. The number of rotatable bonds is 6. The van der Waals surface area contributed by atoms with Gasteiger partial charge in [0.1, 0.15) is 0 Å². The first-order valence-electron chi connectivity index (χ1n) is 5.07. The van der Waals surface area contributed by atoms with Gasteiger partial charge in [0.05, 0.1) is 25.6 Å². The topological polar surface area (TPSA) is 35.5 Å². The van der Waals surface area contributed by atoms with Gasteiger partial charge < -0.3 is 9.47 Å². The van der Waals surface area contributed by atoms with Crippen molar-refractivity contribution in [1.29, 1.82) is 0 Å². The van der Waals surface area contributed by atoms with Crippen molar-refractivity contribution >= 4 is 5.97 Å². The molecule has 0 fully saturated rings. The van der Waals surface area contributed by atoms with Crippen LogP contribution in [0.3, 0.4) is 0 Å². The molecule has 0 aliphatic carbocycles. The van der Waals surface area contributed by atoms with E-state index in [9.17, 15) is 4.79 Å². The van der Waals surface area contributed by atoms with Crippen LogP contribution in [-0.4, -0.2) is 19.7 Å². The zero-order valence-corrected chi connectivity index (χ0v) is 9.50. The van der Waals surface area contributed by atoms with E-state index in [0.29, 0.717) is 12.2 Å². The third-order valence-corrected chi connectivity index (χ3v) is 2.01. The lowest BCUT2D eigenvalue weighted by molar-refractivity contribution is -0.139. The maximum absolute atomic E-state index is 11.5. The zero-order valence-electron chi connectivity index (χ0n) is 9.50. The van der Waals surface area contributed by atoms with E-state index in [1.54, 1.807) is 6.92 Å². The molecule has 0 saturated heterocycles. The number of ether oxygens (including phenoxy) is 2. The Morgan fingerprint density at radius 2 is 2.07 bits per heavy atom. The van der Waals surface area contributed by atoms with Crippen LogP contribution < -0.4 is 0 Å². The Morgan fingerprint density at radius 1 is 1.43 bits per heavy atom. The molecule has 82 valence electrons. The summed E-state index contributed by atoms with van der Waals surface area (Å²) in [5, 5.41) is 0. The molecule has 0 radical (unpaired) electrons. The number of hydrogen-bond donors (Lipinski definition) is 0. The van der Waals surface area contributed by atoms with E-state index < -0.39 is 0 Å². The van der Waals surface area contributed by atoms with E-state index in [1.165, 1.54) is 13.4 Å². The Hall–Kier alpha value is -0.990. The summed E-state index contributed by atoms with van der Waals surface area (Å²) in [6, 6.07) is 0. The van der Waals surface area contributed by atoms with Crippen LogP contribution in [-0.2, 0) is 14.3 Å². The number of carbonyl (C=O) groups is 1. The summed E-state index contributed by atoms with van der Waals surface area (Å²) in [5.41, 5.74) is 0.621. The summed E-state index contributed by atoms with van der Waals surface area (Å²) in [7, 11) is 1.54. The summed E-state index contributed by atoms with van der Waals surface area (Å²) in [5.74, 6) is -0.0747. The van der Waals surface area contributed by atoms with E-state index in [1.807, 2.05) is 6.92 Å². The molecule has 0 saturated carbocycles. The standard InChI is InChI=1S/C11H20O3/c1-5-7-9(3)10(8-13-4)11(12)14-6-2/h8-9H,5-7H2,1-4H3. The van der Waals surface area contributed by atoms with Crippen LogP contribution in [0.15, 0.2) is 11.8 Å². The fourth-order valence-corrected chi connectivity index (χ4v) is 1.30. The molecule has 3 heteroatoms. The van der Waals surface area contributed by atoms with Gasteiger partial charge in [-0.1, -0.05) is 20.3 Å². The Labute approximate surface area is 86.1 Å². The van der Waals surface area contributed by atoms with Crippen LogP contribution in [0.2, 0.25) is 0 Å². The highest BCUT2D eigenvalue weighted by molar-refractivity contribution is 5.88. The van der Waals surface area contributed by atoms with Crippen LogP contribution in [0, 0.1) is 5.92 Å². The summed E-state index contributed by atoms with van der Waals surface area (Å²) >= 11 is 0. The molecule has 0 N–H and O–H groups in total. The van der Waals surface area contributed by atoms with Gasteiger partial charge in [-0.05, 0) is 19.3 Å². The van der Waals surface area contributed by atoms with Gasteiger partial charge in [-0.25, -0.2) is 4.79 Å². The van der Waals surface area contributed by atoms with Crippen molar-refractivity contribution in [3.05, 3.63) is 11.8 Å². The van der Waals surface area contributed by atoms with Gasteiger partial charge in [0.25, 0.3) is 0 Å². The minimum Gasteiger partial charge on any atom is -0.504 e. The maximum atomic E-state index is 11.5. The van der Waals surface area contributed by atoms with Crippen molar-refractivity contribution in [3.8, 4) is 0 Å². The Kier molecular flexibility index (Phi) is 6.89. The van der Waals surface area contributed by atoms with E-state index in [-0.39, 0.29) is 11.9 Å². The molecule has 14 heavy (non-hydrogen) atoms. The molecule has 0 heterocycles. The third kappa shape index (κ3) is 4.30. The summed E-state index contributed by atoms with van der Waals surface area (Å²) in [6.07, 6.45) is 3.49. The normalized spacial score (nSPS) is 13.6. The first kappa shape index (κ1) is 13.0. The average molecular weight is 200 g/mol. The number of carbonyl (C=O) groups excluding carboxylic acids is 1. The molecule has 1 atom stereocenters. The molecule has 0 amide bonds. The molecule has 1 unspecified atom stereocenters. The first-order chi connectivity index (χ1) is 6.67. The van der Waals surface area contributed by atoms with Crippen molar-refractivity contribution in [3.63, 3.8) is 0 Å². The molecule has 0 aromatic carbocycles. The van der Waals surface area contributed by atoms with Gasteiger partial charge >= 0.3 is 5.97 Å². The minimum atomic E-state index is -0.268. The summed E-state index contributed by atoms with van der Waals surface area (Å²) in [4.78, 5) is 11.5. The monoisotopic (exact) mass is 200 g/mol. The lowest BCUT2D eigenvalue weighted by Gasteiger charge is -2.13. The van der Waals surface area contributed by atoms with E-state index in [0.717, 1.165) is 12.8 Å². The Bertz CT molecular complexity index is 197. The van der Waals surface area contributed by atoms with Crippen LogP contribution in [0.4, 0.5) is 0 Å². The van der Waals surface area contributed by atoms with Gasteiger partial charge in [-0.3, -0.25) is 0 Å². The average Bonchev–Trinajstić information content (AvgIpc) is 2.14. The second-order valence-electron chi connectivity index (χ2n) is 3.22. The molecule has 0 aromatic heterocycles. The molecular formula is C11H20O3. The molecule has 0 aromatic rings. The van der Waals surface area contributed by atoms with E-state index >= 15 is 0 Å². The molecule has 0 rings (SSSR count). The second-order valence-corrected chi connectivity index (χ2v) is 3.22. The van der Waals surface area contributed by atoms with Gasteiger partial charge in [-0.2, -0.15) is 0 Å².